The minimum atomic E-state index is 0.0380. The maximum absolute atomic E-state index is 12.8. The van der Waals surface area contributed by atoms with Gasteiger partial charge in [-0.3, -0.25) is 0 Å². The van der Waals surface area contributed by atoms with Crippen molar-refractivity contribution in [1.29, 1.82) is 0 Å². The van der Waals surface area contributed by atoms with Crippen LogP contribution in [0, 0.1) is 30.6 Å². The second-order valence-electron chi connectivity index (χ2n) is 7.64. The summed E-state index contributed by atoms with van der Waals surface area (Å²) in [4.78, 5) is 14.8. The maximum Gasteiger partial charge on any atom is 0.321 e. The van der Waals surface area contributed by atoms with Gasteiger partial charge in [0, 0.05) is 18.8 Å². The Morgan fingerprint density at radius 3 is 2.74 bits per heavy atom. The van der Waals surface area contributed by atoms with Gasteiger partial charge in [-0.1, -0.05) is 38.1 Å². The van der Waals surface area contributed by atoms with E-state index in [2.05, 4.69) is 31.3 Å². The van der Waals surface area contributed by atoms with Gasteiger partial charge in [0.25, 0.3) is 0 Å². The van der Waals surface area contributed by atoms with Crippen molar-refractivity contribution in [3.05, 3.63) is 42.0 Å². The molecule has 1 N–H and O–H groups in total. The standard InChI is InChI=1S/C20H28N2O/c1-14(2)12-22(13-18-11-16-7-8-17(18)10-16)20(23)21-19-6-4-5-15(3)9-19/h4-9,14,16-18H,10-13H2,1-3H3,(H,21,23). The van der Waals surface area contributed by atoms with Crippen LogP contribution in [0.15, 0.2) is 36.4 Å². The predicted octanol–water partition coefficient (Wildman–Crippen LogP) is 4.70. The van der Waals surface area contributed by atoms with Gasteiger partial charge in [-0.15, -0.1) is 0 Å². The highest BCUT2D eigenvalue weighted by atomic mass is 16.2. The summed E-state index contributed by atoms with van der Waals surface area (Å²) < 4.78 is 0. The number of amides is 2. The number of rotatable bonds is 5. The number of hydrogen-bond donors (Lipinski definition) is 1. The largest absolute Gasteiger partial charge is 0.324 e. The molecule has 0 heterocycles. The van der Waals surface area contributed by atoms with Crippen molar-refractivity contribution in [2.75, 3.05) is 18.4 Å². The van der Waals surface area contributed by atoms with Gasteiger partial charge in [-0.05, 0) is 61.1 Å². The van der Waals surface area contributed by atoms with Crippen LogP contribution in [0.4, 0.5) is 10.5 Å². The van der Waals surface area contributed by atoms with Crippen molar-refractivity contribution in [2.24, 2.45) is 23.7 Å². The molecule has 3 atom stereocenters. The number of hydrogen-bond acceptors (Lipinski definition) is 1. The molecule has 3 nitrogen and oxygen atoms in total. The molecule has 2 bridgehead atoms. The Labute approximate surface area is 139 Å². The first kappa shape index (κ1) is 16.1. The molecule has 1 fully saturated rings. The highest BCUT2D eigenvalue weighted by Gasteiger charge is 2.37. The van der Waals surface area contributed by atoms with Crippen LogP contribution in [0.1, 0.15) is 32.3 Å². The molecule has 3 rings (SSSR count). The average Bonchev–Trinajstić information content (AvgIpc) is 3.08. The highest BCUT2D eigenvalue weighted by molar-refractivity contribution is 5.89. The molecule has 0 aliphatic heterocycles. The minimum Gasteiger partial charge on any atom is -0.324 e. The summed E-state index contributed by atoms with van der Waals surface area (Å²) >= 11 is 0. The number of fused-ring (bicyclic) bond motifs is 2. The molecule has 2 aliphatic carbocycles. The van der Waals surface area contributed by atoms with Crippen LogP contribution in [0.2, 0.25) is 0 Å². The third kappa shape index (κ3) is 3.95. The van der Waals surface area contributed by atoms with Gasteiger partial charge in [0.05, 0.1) is 0 Å². The summed E-state index contributed by atoms with van der Waals surface area (Å²) in [6.45, 7) is 8.08. The van der Waals surface area contributed by atoms with Crippen LogP contribution >= 0.6 is 0 Å². The van der Waals surface area contributed by atoms with Crippen LogP contribution in [-0.2, 0) is 0 Å². The molecule has 0 radical (unpaired) electrons. The topological polar surface area (TPSA) is 32.3 Å². The number of allylic oxidation sites excluding steroid dienone is 2. The van der Waals surface area contributed by atoms with Crippen molar-refractivity contribution < 1.29 is 4.79 Å². The van der Waals surface area contributed by atoms with Crippen LogP contribution in [0.5, 0.6) is 0 Å². The van der Waals surface area contributed by atoms with Crippen LogP contribution < -0.4 is 5.32 Å². The molecule has 1 aromatic rings. The Morgan fingerprint density at radius 2 is 2.13 bits per heavy atom. The number of carbonyl (C=O) groups excluding carboxylic acids is 1. The van der Waals surface area contributed by atoms with E-state index in [1.807, 2.05) is 36.1 Å². The lowest BCUT2D eigenvalue weighted by atomic mass is 9.93. The Bertz CT molecular complexity index is 593. The monoisotopic (exact) mass is 312 g/mol. The normalized spacial score (nSPS) is 25.1. The van der Waals surface area contributed by atoms with E-state index >= 15 is 0 Å². The number of carbonyl (C=O) groups is 1. The van der Waals surface area contributed by atoms with E-state index in [1.54, 1.807) is 0 Å². The maximum atomic E-state index is 12.8. The first-order chi connectivity index (χ1) is 11.0. The molecule has 0 aromatic heterocycles. The zero-order valence-electron chi connectivity index (χ0n) is 14.5. The van der Waals surface area contributed by atoms with Crippen LogP contribution in [0.3, 0.4) is 0 Å². The third-order valence-electron chi connectivity index (χ3n) is 5.01. The van der Waals surface area contributed by atoms with E-state index in [0.717, 1.165) is 30.3 Å². The number of nitrogens with zero attached hydrogens (tertiary/aromatic N) is 1. The highest BCUT2D eigenvalue weighted by Crippen LogP contribution is 2.43. The Balaban J connectivity index is 1.65. The van der Waals surface area contributed by atoms with Gasteiger partial charge in [0.15, 0.2) is 0 Å². The van der Waals surface area contributed by atoms with E-state index in [0.29, 0.717) is 17.8 Å². The Hall–Kier alpha value is -1.77. The molecule has 0 spiro atoms. The fourth-order valence-corrected chi connectivity index (χ4v) is 3.99. The summed E-state index contributed by atoms with van der Waals surface area (Å²) in [6, 6.07) is 8.04. The first-order valence-electron chi connectivity index (χ1n) is 8.82. The fraction of sp³-hybridized carbons (Fsp3) is 0.550. The summed E-state index contributed by atoms with van der Waals surface area (Å²) in [6.07, 6.45) is 7.26. The second-order valence-corrected chi connectivity index (χ2v) is 7.64. The lowest BCUT2D eigenvalue weighted by Gasteiger charge is -2.30. The van der Waals surface area contributed by atoms with E-state index < -0.39 is 0 Å². The first-order valence-corrected chi connectivity index (χ1v) is 8.82. The number of nitrogens with one attached hydrogen (secondary N) is 1. The molecule has 0 saturated heterocycles. The molecular formula is C20H28N2O. The molecule has 1 aromatic carbocycles. The molecular weight excluding hydrogens is 284 g/mol. The number of benzene rings is 1. The van der Waals surface area contributed by atoms with Crippen molar-refractivity contribution in [1.82, 2.24) is 4.90 Å². The number of anilines is 1. The Kier molecular flexibility index (Phi) is 4.74. The van der Waals surface area contributed by atoms with Gasteiger partial charge >= 0.3 is 6.03 Å². The van der Waals surface area contributed by atoms with Crippen LogP contribution in [0.25, 0.3) is 0 Å². The van der Waals surface area contributed by atoms with E-state index in [1.165, 1.54) is 12.8 Å². The molecule has 3 heteroatoms. The molecule has 124 valence electrons. The molecule has 23 heavy (non-hydrogen) atoms. The summed E-state index contributed by atoms with van der Waals surface area (Å²) in [5.41, 5.74) is 2.05. The van der Waals surface area contributed by atoms with Crippen molar-refractivity contribution >= 4 is 11.7 Å². The number of urea groups is 1. The van der Waals surface area contributed by atoms with Gasteiger partial charge in [0.1, 0.15) is 0 Å². The quantitative estimate of drug-likeness (QED) is 0.785. The van der Waals surface area contributed by atoms with E-state index in [-0.39, 0.29) is 6.03 Å². The van der Waals surface area contributed by atoms with Crippen LogP contribution in [-0.4, -0.2) is 24.0 Å². The summed E-state index contributed by atoms with van der Waals surface area (Å²) in [5.74, 6) is 2.55. The molecule has 2 aliphatic rings. The van der Waals surface area contributed by atoms with Gasteiger partial charge in [-0.25, -0.2) is 4.79 Å². The molecule has 2 amide bonds. The van der Waals surface area contributed by atoms with Crippen molar-refractivity contribution in [3.63, 3.8) is 0 Å². The summed E-state index contributed by atoms with van der Waals surface area (Å²) in [7, 11) is 0. The lowest BCUT2D eigenvalue weighted by Crippen LogP contribution is -2.41. The summed E-state index contributed by atoms with van der Waals surface area (Å²) in [5, 5.41) is 3.08. The second kappa shape index (κ2) is 6.77. The SMILES string of the molecule is Cc1cccc(NC(=O)N(CC(C)C)CC2CC3C=CC2C3)c1. The third-order valence-corrected chi connectivity index (χ3v) is 5.01. The van der Waals surface area contributed by atoms with Gasteiger partial charge in [0.2, 0.25) is 0 Å². The zero-order chi connectivity index (χ0) is 16.4. The van der Waals surface area contributed by atoms with Gasteiger partial charge < -0.3 is 10.2 Å². The molecule has 3 unspecified atom stereocenters. The molecule has 1 saturated carbocycles. The smallest absolute Gasteiger partial charge is 0.321 e. The lowest BCUT2D eigenvalue weighted by molar-refractivity contribution is 0.187. The predicted molar refractivity (Wildman–Crippen MR) is 95.5 cm³/mol. The fourth-order valence-electron chi connectivity index (χ4n) is 3.99. The Morgan fingerprint density at radius 1 is 1.30 bits per heavy atom. The van der Waals surface area contributed by atoms with Gasteiger partial charge in [-0.2, -0.15) is 0 Å². The van der Waals surface area contributed by atoms with Crippen molar-refractivity contribution in [2.45, 2.75) is 33.6 Å². The van der Waals surface area contributed by atoms with Crippen molar-refractivity contribution in [3.8, 4) is 0 Å². The minimum absolute atomic E-state index is 0.0380. The number of aryl methyl sites for hydroxylation is 1. The van der Waals surface area contributed by atoms with E-state index in [9.17, 15) is 4.79 Å². The zero-order valence-corrected chi connectivity index (χ0v) is 14.5. The van der Waals surface area contributed by atoms with E-state index in [4.69, 9.17) is 0 Å². The average molecular weight is 312 g/mol.